The first-order valence-electron chi connectivity index (χ1n) is 10.4. The van der Waals surface area contributed by atoms with Gasteiger partial charge in [0.2, 0.25) is 0 Å². The van der Waals surface area contributed by atoms with Gasteiger partial charge in [0.25, 0.3) is 5.91 Å². The van der Waals surface area contributed by atoms with Gasteiger partial charge >= 0.3 is 0 Å². The van der Waals surface area contributed by atoms with Gasteiger partial charge in [-0.05, 0) is 61.1 Å². The maximum atomic E-state index is 12.8. The van der Waals surface area contributed by atoms with Gasteiger partial charge in [-0.1, -0.05) is 43.0 Å². The molecule has 0 saturated heterocycles. The predicted octanol–water partition coefficient (Wildman–Crippen LogP) is 5.23. The number of anilines is 1. The summed E-state index contributed by atoms with van der Waals surface area (Å²) >= 11 is 5.31. The topological polar surface area (TPSA) is 68.8 Å². The largest absolute Gasteiger partial charge is 0.490 e. The van der Waals surface area contributed by atoms with E-state index in [0.29, 0.717) is 42.6 Å². The number of hydrogen-bond donors (Lipinski definition) is 2. The molecular weight excluding hydrogens is 436 g/mol. The van der Waals surface area contributed by atoms with E-state index in [4.69, 9.17) is 26.4 Å². The van der Waals surface area contributed by atoms with E-state index >= 15 is 0 Å². The van der Waals surface area contributed by atoms with Crippen molar-refractivity contribution in [1.82, 2.24) is 5.32 Å². The number of ether oxygens (including phenoxy) is 3. The second-order valence-corrected chi connectivity index (χ2v) is 7.60. The molecule has 0 aliphatic heterocycles. The van der Waals surface area contributed by atoms with Crippen LogP contribution in [-0.4, -0.2) is 30.8 Å². The lowest BCUT2D eigenvalue weighted by Crippen LogP contribution is -2.34. The molecule has 3 aromatic carbocycles. The second kappa shape index (κ2) is 12.3. The number of amides is 1. The van der Waals surface area contributed by atoms with Crippen LogP contribution in [0.1, 0.15) is 17.3 Å². The minimum Gasteiger partial charge on any atom is -0.490 e. The van der Waals surface area contributed by atoms with E-state index < -0.39 is 0 Å². The summed E-state index contributed by atoms with van der Waals surface area (Å²) in [5, 5.41) is 5.85. The molecule has 2 N–H and O–H groups in total. The first kappa shape index (κ1) is 23.8. The van der Waals surface area contributed by atoms with Crippen LogP contribution in [0, 0.1) is 0 Å². The van der Waals surface area contributed by atoms with Gasteiger partial charge in [-0.15, -0.1) is 0 Å². The van der Waals surface area contributed by atoms with Crippen LogP contribution >= 0.6 is 12.2 Å². The van der Waals surface area contributed by atoms with Crippen LogP contribution in [0.3, 0.4) is 0 Å². The normalized spacial score (nSPS) is 10.1. The van der Waals surface area contributed by atoms with Crippen LogP contribution in [0.5, 0.6) is 17.2 Å². The summed E-state index contributed by atoms with van der Waals surface area (Å²) in [5.41, 5.74) is 1.99. The summed E-state index contributed by atoms with van der Waals surface area (Å²) in [5.74, 6) is 1.51. The molecule has 33 heavy (non-hydrogen) atoms. The number of nitrogens with one attached hydrogen (secondary N) is 2. The van der Waals surface area contributed by atoms with Crippen molar-refractivity contribution in [2.24, 2.45) is 0 Å². The minimum atomic E-state index is -0.373. The van der Waals surface area contributed by atoms with Gasteiger partial charge in [0, 0.05) is 11.8 Å². The predicted molar refractivity (Wildman–Crippen MR) is 134 cm³/mol. The fraction of sp³-hybridized carbons (Fsp3) is 0.154. The third-order valence-corrected chi connectivity index (χ3v) is 4.49. The maximum absolute atomic E-state index is 12.8. The number of thiocarbonyl (C=S) groups is 1. The molecule has 0 unspecified atom stereocenters. The van der Waals surface area contributed by atoms with Crippen molar-refractivity contribution in [2.45, 2.75) is 6.92 Å². The molecule has 170 valence electrons. The smallest absolute Gasteiger partial charge is 0.261 e. The van der Waals surface area contributed by atoms with Crippen LogP contribution in [0.4, 0.5) is 5.69 Å². The molecule has 0 bridgehead atoms. The molecule has 6 nitrogen and oxygen atoms in total. The highest BCUT2D eigenvalue weighted by atomic mass is 32.1. The number of carbonyl (C=O) groups is 1. The zero-order valence-corrected chi connectivity index (χ0v) is 19.2. The number of carbonyl (C=O) groups excluding carboxylic acids is 1. The number of hydrogen-bond acceptors (Lipinski definition) is 5. The molecule has 0 aromatic heterocycles. The minimum absolute atomic E-state index is 0.166. The van der Waals surface area contributed by atoms with Gasteiger partial charge in [-0.2, -0.15) is 0 Å². The average Bonchev–Trinajstić information content (AvgIpc) is 2.81. The van der Waals surface area contributed by atoms with Crippen molar-refractivity contribution in [3.8, 4) is 17.2 Å². The van der Waals surface area contributed by atoms with E-state index in [9.17, 15) is 4.79 Å². The molecule has 3 rings (SSSR count). The van der Waals surface area contributed by atoms with Crippen molar-refractivity contribution < 1.29 is 19.0 Å². The second-order valence-electron chi connectivity index (χ2n) is 7.19. The Kier molecular flexibility index (Phi) is 8.85. The molecule has 0 saturated carbocycles. The molecule has 0 aliphatic carbocycles. The Balaban J connectivity index is 1.53. The Morgan fingerprint density at radius 3 is 2.36 bits per heavy atom. The lowest BCUT2D eigenvalue weighted by molar-refractivity contribution is 0.0972. The summed E-state index contributed by atoms with van der Waals surface area (Å²) in [6.07, 6.45) is 0. The van der Waals surface area contributed by atoms with Gasteiger partial charge < -0.3 is 19.5 Å². The molecule has 0 spiro atoms. The molecule has 0 aliphatic rings. The van der Waals surface area contributed by atoms with Crippen LogP contribution in [0.2, 0.25) is 0 Å². The van der Waals surface area contributed by atoms with E-state index in [-0.39, 0.29) is 11.0 Å². The first-order chi connectivity index (χ1) is 16.0. The van der Waals surface area contributed by atoms with Gasteiger partial charge in [0.05, 0.1) is 5.56 Å². The molecule has 0 radical (unpaired) electrons. The van der Waals surface area contributed by atoms with E-state index in [2.05, 4.69) is 17.2 Å². The highest BCUT2D eigenvalue weighted by molar-refractivity contribution is 7.80. The van der Waals surface area contributed by atoms with Crippen molar-refractivity contribution in [3.05, 3.63) is 96.6 Å². The van der Waals surface area contributed by atoms with Crippen molar-refractivity contribution in [2.75, 3.05) is 25.1 Å². The molecule has 1 amide bonds. The number of rotatable bonds is 10. The van der Waals surface area contributed by atoms with Crippen LogP contribution < -0.4 is 24.8 Å². The zero-order valence-electron chi connectivity index (χ0n) is 18.4. The van der Waals surface area contributed by atoms with Crippen molar-refractivity contribution in [1.29, 1.82) is 0 Å². The third kappa shape index (κ3) is 7.97. The van der Waals surface area contributed by atoms with Crippen molar-refractivity contribution in [3.63, 3.8) is 0 Å². The Morgan fingerprint density at radius 2 is 1.58 bits per heavy atom. The lowest BCUT2D eigenvalue weighted by Gasteiger charge is -2.14. The summed E-state index contributed by atoms with van der Waals surface area (Å²) in [4.78, 5) is 12.8. The van der Waals surface area contributed by atoms with Gasteiger partial charge in [-0.3, -0.25) is 10.1 Å². The van der Waals surface area contributed by atoms with E-state index in [1.165, 1.54) is 0 Å². The monoisotopic (exact) mass is 462 g/mol. The highest BCUT2D eigenvalue weighted by Crippen LogP contribution is 2.20. The van der Waals surface area contributed by atoms with E-state index in [1.807, 2.05) is 55.5 Å². The van der Waals surface area contributed by atoms with E-state index in [0.717, 1.165) is 11.3 Å². The van der Waals surface area contributed by atoms with E-state index in [1.54, 1.807) is 30.3 Å². The summed E-state index contributed by atoms with van der Waals surface area (Å²) in [7, 11) is 0. The van der Waals surface area contributed by atoms with Gasteiger partial charge in [0.1, 0.15) is 37.1 Å². The first-order valence-corrected chi connectivity index (χ1v) is 10.8. The fourth-order valence-corrected chi connectivity index (χ4v) is 3.02. The SMILES string of the molecule is C=C(C)COc1cccc(NC(=S)NC(=O)c2ccccc2OCCOc2ccccc2)c1. The third-order valence-electron chi connectivity index (χ3n) is 4.29. The number of para-hydroxylation sites is 2. The summed E-state index contributed by atoms with van der Waals surface area (Å²) < 4.78 is 17.0. The summed E-state index contributed by atoms with van der Waals surface area (Å²) in [6.45, 7) is 6.78. The summed E-state index contributed by atoms with van der Waals surface area (Å²) in [6, 6.07) is 23.7. The Bertz CT molecular complexity index is 1100. The maximum Gasteiger partial charge on any atom is 0.261 e. The van der Waals surface area contributed by atoms with Gasteiger partial charge in [0.15, 0.2) is 5.11 Å². The molecule has 0 fully saturated rings. The van der Waals surface area contributed by atoms with Crippen LogP contribution in [0.15, 0.2) is 91.0 Å². The lowest BCUT2D eigenvalue weighted by atomic mass is 10.2. The number of benzene rings is 3. The molecule has 0 heterocycles. The Morgan fingerprint density at radius 1 is 0.879 bits per heavy atom. The quantitative estimate of drug-likeness (QED) is 0.244. The zero-order chi connectivity index (χ0) is 23.5. The van der Waals surface area contributed by atoms with Crippen molar-refractivity contribution >= 4 is 28.9 Å². The highest BCUT2D eigenvalue weighted by Gasteiger charge is 2.14. The van der Waals surface area contributed by atoms with Gasteiger partial charge in [-0.25, -0.2) is 0 Å². The average molecular weight is 463 g/mol. The fourth-order valence-electron chi connectivity index (χ4n) is 2.81. The van der Waals surface area contributed by atoms with Crippen LogP contribution in [0.25, 0.3) is 0 Å². The molecule has 7 heteroatoms. The van der Waals surface area contributed by atoms with Crippen LogP contribution in [-0.2, 0) is 0 Å². The standard InChI is InChI=1S/C26H26N2O4S/c1-19(2)18-32-22-12-8-9-20(17-22)27-26(33)28-25(29)23-13-6-7-14-24(23)31-16-15-30-21-10-4-3-5-11-21/h3-14,17H,1,15-16,18H2,2H3,(H2,27,28,29,33). The Labute approximate surface area is 199 Å². The molecule has 3 aromatic rings. The molecular formula is C26H26N2O4S. The molecule has 0 atom stereocenters. The Hall–Kier alpha value is -3.84.